The molecule has 1 aliphatic rings. The fourth-order valence-corrected chi connectivity index (χ4v) is 2.18. The van der Waals surface area contributed by atoms with Crippen LogP contribution in [0, 0.1) is 0 Å². The van der Waals surface area contributed by atoms with Crippen LogP contribution >= 0.6 is 0 Å². The normalized spacial score (nSPS) is 16.4. The Morgan fingerprint density at radius 3 is 2.94 bits per heavy atom. The highest BCUT2D eigenvalue weighted by atomic mass is 16.5. The Morgan fingerprint density at radius 1 is 1.39 bits per heavy atom. The zero-order chi connectivity index (χ0) is 12.8. The molecule has 0 radical (unpaired) electrons. The Morgan fingerprint density at radius 2 is 2.22 bits per heavy atom. The molecule has 0 bridgehead atoms. The summed E-state index contributed by atoms with van der Waals surface area (Å²) in [7, 11) is 0. The average molecular weight is 245 g/mol. The number of ether oxygens (including phenoxy) is 1. The molecule has 2 N–H and O–H groups in total. The maximum atomic E-state index is 5.88. The van der Waals surface area contributed by atoms with E-state index in [-0.39, 0.29) is 12.1 Å². The topological polar surface area (TPSA) is 74.2 Å². The van der Waals surface area contributed by atoms with Gasteiger partial charge < -0.3 is 15.0 Å². The van der Waals surface area contributed by atoms with Gasteiger partial charge in [0, 0.05) is 12.0 Å². The van der Waals surface area contributed by atoms with Crippen LogP contribution in [0.2, 0.25) is 0 Å². The van der Waals surface area contributed by atoms with Gasteiger partial charge in [-0.05, 0) is 25.5 Å². The average Bonchev–Trinajstić information content (AvgIpc) is 2.89. The van der Waals surface area contributed by atoms with Crippen LogP contribution < -0.4 is 10.5 Å². The predicted molar refractivity (Wildman–Crippen MR) is 66.0 cm³/mol. The standard InChI is InChI=1S/C13H15N3O2/c1-13(2)6-9-4-3-8(5-10(9)17-13)12-15-11(7-14)18-16-12/h3-5H,6-7,14H2,1-2H3. The molecule has 5 nitrogen and oxygen atoms in total. The molecule has 94 valence electrons. The number of rotatable bonds is 2. The molecule has 0 atom stereocenters. The second-order valence-electron chi connectivity index (χ2n) is 5.08. The van der Waals surface area contributed by atoms with Crippen molar-refractivity contribution in [3.8, 4) is 17.1 Å². The maximum Gasteiger partial charge on any atom is 0.240 e. The van der Waals surface area contributed by atoms with Gasteiger partial charge in [0.15, 0.2) is 0 Å². The SMILES string of the molecule is CC1(C)Cc2ccc(-c3noc(CN)n3)cc2O1. The van der Waals surface area contributed by atoms with Crippen molar-refractivity contribution < 1.29 is 9.26 Å². The lowest BCUT2D eigenvalue weighted by atomic mass is 10.0. The number of hydrogen-bond acceptors (Lipinski definition) is 5. The van der Waals surface area contributed by atoms with Gasteiger partial charge in [0.1, 0.15) is 11.4 Å². The first-order valence-electron chi connectivity index (χ1n) is 5.92. The molecular formula is C13H15N3O2. The molecule has 2 aromatic rings. The molecule has 0 unspecified atom stereocenters. The van der Waals surface area contributed by atoms with Gasteiger partial charge in [-0.25, -0.2) is 0 Å². The highest BCUT2D eigenvalue weighted by molar-refractivity contribution is 5.60. The van der Waals surface area contributed by atoms with E-state index in [0.717, 1.165) is 17.7 Å². The van der Waals surface area contributed by atoms with Gasteiger partial charge >= 0.3 is 0 Å². The molecular weight excluding hydrogens is 230 g/mol. The van der Waals surface area contributed by atoms with Gasteiger partial charge in [-0.1, -0.05) is 17.3 Å². The van der Waals surface area contributed by atoms with Crippen molar-refractivity contribution in [1.82, 2.24) is 10.1 Å². The van der Waals surface area contributed by atoms with E-state index in [1.165, 1.54) is 5.56 Å². The van der Waals surface area contributed by atoms with Crippen LogP contribution in [-0.4, -0.2) is 15.7 Å². The fourth-order valence-electron chi connectivity index (χ4n) is 2.18. The molecule has 3 rings (SSSR count). The monoisotopic (exact) mass is 245 g/mol. The van der Waals surface area contributed by atoms with Crippen LogP contribution in [0.25, 0.3) is 11.4 Å². The number of aromatic nitrogens is 2. The van der Waals surface area contributed by atoms with E-state index in [1.54, 1.807) is 0 Å². The van der Waals surface area contributed by atoms with Crippen LogP contribution in [-0.2, 0) is 13.0 Å². The number of hydrogen-bond donors (Lipinski definition) is 1. The van der Waals surface area contributed by atoms with Crippen LogP contribution in [0.15, 0.2) is 22.7 Å². The summed E-state index contributed by atoms with van der Waals surface area (Å²) in [6.07, 6.45) is 0.920. The zero-order valence-electron chi connectivity index (χ0n) is 10.4. The van der Waals surface area contributed by atoms with E-state index in [0.29, 0.717) is 11.7 Å². The summed E-state index contributed by atoms with van der Waals surface area (Å²) in [5.74, 6) is 1.88. The van der Waals surface area contributed by atoms with Gasteiger partial charge in [-0.3, -0.25) is 0 Å². The van der Waals surface area contributed by atoms with E-state index < -0.39 is 0 Å². The van der Waals surface area contributed by atoms with Crippen molar-refractivity contribution >= 4 is 0 Å². The summed E-state index contributed by atoms with van der Waals surface area (Å²) in [5, 5.41) is 3.90. The largest absolute Gasteiger partial charge is 0.487 e. The number of nitrogens with two attached hydrogens (primary N) is 1. The van der Waals surface area contributed by atoms with Crippen LogP contribution in [0.1, 0.15) is 25.3 Å². The van der Waals surface area contributed by atoms with E-state index in [1.807, 2.05) is 12.1 Å². The lowest BCUT2D eigenvalue weighted by Gasteiger charge is -2.16. The fraction of sp³-hybridized carbons (Fsp3) is 0.385. The first-order chi connectivity index (χ1) is 8.57. The summed E-state index contributed by atoms with van der Waals surface area (Å²) < 4.78 is 10.9. The molecule has 0 fully saturated rings. The first-order valence-corrected chi connectivity index (χ1v) is 5.92. The minimum atomic E-state index is -0.138. The van der Waals surface area contributed by atoms with Gasteiger partial charge in [0.25, 0.3) is 0 Å². The summed E-state index contributed by atoms with van der Waals surface area (Å²) in [4.78, 5) is 4.20. The summed E-state index contributed by atoms with van der Waals surface area (Å²) >= 11 is 0. The number of benzene rings is 1. The van der Waals surface area contributed by atoms with Crippen LogP contribution in [0.4, 0.5) is 0 Å². The van der Waals surface area contributed by atoms with E-state index >= 15 is 0 Å². The van der Waals surface area contributed by atoms with Crippen molar-refractivity contribution in [2.75, 3.05) is 0 Å². The number of nitrogens with zero attached hydrogens (tertiary/aromatic N) is 2. The third-order valence-electron chi connectivity index (χ3n) is 2.97. The van der Waals surface area contributed by atoms with Gasteiger partial charge in [-0.15, -0.1) is 0 Å². The van der Waals surface area contributed by atoms with Gasteiger partial charge in [0.2, 0.25) is 11.7 Å². The Labute approximate surface area is 105 Å². The van der Waals surface area contributed by atoms with Gasteiger partial charge in [0.05, 0.1) is 6.54 Å². The lowest BCUT2D eigenvalue weighted by Crippen LogP contribution is -2.24. The Hall–Kier alpha value is -1.88. The molecule has 0 spiro atoms. The van der Waals surface area contributed by atoms with Crippen molar-refractivity contribution in [3.05, 3.63) is 29.7 Å². The summed E-state index contributed by atoms with van der Waals surface area (Å²) in [6, 6.07) is 5.99. The molecule has 0 aliphatic carbocycles. The van der Waals surface area contributed by atoms with Crippen molar-refractivity contribution in [1.29, 1.82) is 0 Å². The van der Waals surface area contributed by atoms with Crippen molar-refractivity contribution in [3.63, 3.8) is 0 Å². The molecule has 1 aromatic carbocycles. The van der Waals surface area contributed by atoms with Crippen LogP contribution in [0.5, 0.6) is 5.75 Å². The molecule has 1 aromatic heterocycles. The highest BCUT2D eigenvalue weighted by Crippen LogP contribution is 2.37. The molecule has 2 heterocycles. The quantitative estimate of drug-likeness (QED) is 0.874. The Kier molecular flexibility index (Phi) is 2.38. The molecule has 18 heavy (non-hydrogen) atoms. The first kappa shape index (κ1) is 11.2. The van der Waals surface area contributed by atoms with Crippen molar-refractivity contribution in [2.45, 2.75) is 32.4 Å². The van der Waals surface area contributed by atoms with E-state index in [9.17, 15) is 0 Å². The molecule has 0 saturated heterocycles. The summed E-state index contributed by atoms with van der Waals surface area (Å²) in [5.41, 5.74) is 7.41. The van der Waals surface area contributed by atoms with Gasteiger partial charge in [-0.2, -0.15) is 4.98 Å². The zero-order valence-corrected chi connectivity index (χ0v) is 10.4. The summed E-state index contributed by atoms with van der Waals surface area (Å²) in [6.45, 7) is 4.41. The molecule has 1 aliphatic heterocycles. The third-order valence-corrected chi connectivity index (χ3v) is 2.97. The Bertz CT molecular complexity index is 590. The third kappa shape index (κ3) is 1.86. The minimum absolute atomic E-state index is 0.138. The smallest absolute Gasteiger partial charge is 0.240 e. The molecule has 0 amide bonds. The maximum absolute atomic E-state index is 5.88. The van der Waals surface area contributed by atoms with Crippen LogP contribution in [0.3, 0.4) is 0 Å². The lowest BCUT2D eigenvalue weighted by molar-refractivity contribution is 0.138. The molecule has 0 saturated carbocycles. The molecule has 5 heteroatoms. The second-order valence-corrected chi connectivity index (χ2v) is 5.08. The predicted octanol–water partition coefficient (Wildman–Crippen LogP) is 1.91. The highest BCUT2D eigenvalue weighted by Gasteiger charge is 2.30. The van der Waals surface area contributed by atoms with E-state index in [2.05, 4.69) is 30.1 Å². The number of fused-ring (bicyclic) bond motifs is 1. The van der Waals surface area contributed by atoms with Crippen molar-refractivity contribution in [2.24, 2.45) is 5.73 Å². The minimum Gasteiger partial charge on any atom is -0.487 e. The Balaban J connectivity index is 1.97. The van der Waals surface area contributed by atoms with E-state index in [4.69, 9.17) is 15.0 Å². The second kappa shape index (κ2) is 3.81.